The molecule has 1 aromatic heterocycles. The first-order chi connectivity index (χ1) is 18.8. The Morgan fingerprint density at radius 1 is 0.897 bits per heavy atom. The van der Waals surface area contributed by atoms with Crippen molar-refractivity contribution in [2.24, 2.45) is 0 Å². The number of ether oxygens (including phenoxy) is 3. The summed E-state index contributed by atoms with van der Waals surface area (Å²) in [5, 5.41) is 13.7. The van der Waals surface area contributed by atoms with Gasteiger partial charge >= 0.3 is 12.1 Å². The third kappa shape index (κ3) is 10.2. The number of esters is 1. The molecule has 1 heterocycles. The lowest BCUT2D eigenvalue weighted by Crippen LogP contribution is -2.45. The van der Waals surface area contributed by atoms with Gasteiger partial charge in [0.05, 0.1) is 25.8 Å². The van der Waals surface area contributed by atoms with E-state index >= 15 is 0 Å². The van der Waals surface area contributed by atoms with E-state index in [2.05, 4.69) is 15.6 Å². The quantitative estimate of drug-likeness (QED) is 0.335. The monoisotopic (exact) mass is 538 g/mol. The van der Waals surface area contributed by atoms with E-state index in [0.29, 0.717) is 22.4 Å². The lowest BCUT2D eigenvalue weighted by Gasteiger charge is -2.17. The molecule has 10 nitrogen and oxygen atoms in total. The van der Waals surface area contributed by atoms with Gasteiger partial charge in [-0.05, 0) is 47.0 Å². The molecule has 1 atom stereocenters. The number of anilines is 1. The van der Waals surface area contributed by atoms with Gasteiger partial charge in [-0.1, -0.05) is 24.3 Å². The van der Waals surface area contributed by atoms with Crippen LogP contribution < -0.4 is 10.6 Å². The Hall–Kier alpha value is -4.89. The predicted molar refractivity (Wildman–Crippen MR) is 133 cm³/mol. The molecule has 3 aromatic rings. The largest absolute Gasteiger partial charge is 0.449 e. The molecule has 39 heavy (non-hydrogen) atoms. The zero-order valence-electron chi connectivity index (χ0n) is 20.6. The van der Waals surface area contributed by atoms with Crippen LogP contribution in [-0.2, 0) is 43.4 Å². The van der Waals surface area contributed by atoms with Crippen LogP contribution >= 0.6 is 0 Å². The van der Waals surface area contributed by atoms with Crippen LogP contribution in [0.15, 0.2) is 67.0 Å². The number of nitrogens with one attached hydrogen (secondary N) is 2. The maximum Gasteiger partial charge on any atom is 0.408 e. The number of nitriles is 1. The topological polar surface area (TPSA) is 140 Å². The molecule has 0 bridgehead atoms. The number of halogens is 2. The Morgan fingerprint density at radius 3 is 2.31 bits per heavy atom. The summed E-state index contributed by atoms with van der Waals surface area (Å²) in [6, 6.07) is 13.7. The zero-order valence-corrected chi connectivity index (χ0v) is 20.6. The highest BCUT2D eigenvalue weighted by Gasteiger charge is 2.23. The van der Waals surface area contributed by atoms with E-state index in [1.165, 1.54) is 36.5 Å². The number of nitrogens with zero attached hydrogens (tertiary/aromatic N) is 2. The SMILES string of the molecule is N#CCOC(=O)[C@H](COCc1cncc(F)c1)NC(=O)OCc1ccc(NC(=O)Cc2ccc(F)cc2)cc1. The van der Waals surface area contributed by atoms with Crippen LogP contribution in [0.1, 0.15) is 16.7 Å². The van der Waals surface area contributed by atoms with Crippen LogP contribution in [0.5, 0.6) is 0 Å². The standard InChI is InChI=1S/C27H24F2N4O6/c28-21-5-1-18(2-6-21)12-25(34)32-23-7-3-19(4-8-23)16-39-27(36)33-24(26(35)38-10-9-30)17-37-15-20-11-22(29)14-31-13-20/h1-8,11,13-14,24H,10,12,15-17H2,(H,32,34)(H,33,36)/t24-/m0/s1. The Morgan fingerprint density at radius 2 is 1.62 bits per heavy atom. The highest BCUT2D eigenvalue weighted by molar-refractivity contribution is 5.92. The van der Waals surface area contributed by atoms with Gasteiger partial charge in [0.2, 0.25) is 5.91 Å². The van der Waals surface area contributed by atoms with Gasteiger partial charge in [0, 0.05) is 11.9 Å². The maximum absolute atomic E-state index is 13.3. The number of hydrogen-bond acceptors (Lipinski definition) is 8. The van der Waals surface area contributed by atoms with Gasteiger partial charge in [-0.3, -0.25) is 9.78 Å². The van der Waals surface area contributed by atoms with E-state index in [0.717, 1.165) is 6.20 Å². The summed E-state index contributed by atoms with van der Waals surface area (Å²) in [7, 11) is 0. The van der Waals surface area contributed by atoms with Crippen LogP contribution in [-0.4, -0.2) is 42.2 Å². The summed E-state index contributed by atoms with van der Waals surface area (Å²) >= 11 is 0. The predicted octanol–water partition coefficient (Wildman–Crippen LogP) is 3.42. The number of pyridine rings is 1. The number of alkyl carbamates (subject to hydrolysis) is 1. The fourth-order valence-electron chi connectivity index (χ4n) is 3.21. The Kier molecular flexibility index (Phi) is 10.8. The number of benzene rings is 2. The molecular formula is C27H24F2N4O6. The van der Waals surface area contributed by atoms with Crippen molar-refractivity contribution in [1.82, 2.24) is 10.3 Å². The molecule has 0 spiro atoms. The molecule has 0 aliphatic heterocycles. The highest BCUT2D eigenvalue weighted by Crippen LogP contribution is 2.12. The second-order valence-corrected chi connectivity index (χ2v) is 8.11. The minimum Gasteiger partial charge on any atom is -0.449 e. The van der Waals surface area contributed by atoms with E-state index in [-0.39, 0.29) is 38.0 Å². The van der Waals surface area contributed by atoms with Gasteiger partial charge in [-0.15, -0.1) is 0 Å². The van der Waals surface area contributed by atoms with Crippen molar-refractivity contribution in [1.29, 1.82) is 5.26 Å². The van der Waals surface area contributed by atoms with Gasteiger partial charge in [-0.2, -0.15) is 5.26 Å². The second-order valence-electron chi connectivity index (χ2n) is 8.11. The highest BCUT2D eigenvalue weighted by atomic mass is 19.1. The molecule has 0 radical (unpaired) electrons. The maximum atomic E-state index is 13.3. The van der Waals surface area contributed by atoms with Crippen molar-refractivity contribution in [3.8, 4) is 6.07 Å². The van der Waals surface area contributed by atoms with Gasteiger partial charge in [-0.25, -0.2) is 18.4 Å². The summed E-state index contributed by atoms with van der Waals surface area (Å²) in [6.07, 6.45) is 1.55. The minimum atomic E-state index is -1.29. The second kappa shape index (κ2) is 14.7. The van der Waals surface area contributed by atoms with Crippen molar-refractivity contribution >= 4 is 23.7 Å². The normalized spacial score (nSPS) is 11.1. The van der Waals surface area contributed by atoms with Crippen LogP contribution in [0, 0.1) is 23.0 Å². The third-order valence-electron chi connectivity index (χ3n) is 5.06. The summed E-state index contributed by atoms with van der Waals surface area (Å²) in [5.41, 5.74) is 2.19. The van der Waals surface area contributed by atoms with Gasteiger partial charge in [0.1, 0.15) is 24.3 Å². The number of amides is 2. The number of carbonyl (C=O) groups is 3. The molecule has 0 aliphatic carbocycles. The average molecular weight is 539 g/mol. The molecule has 0 unspecified atom stereocenters. The molecule has 0 aliphatic rings. The van der Waals surface area contributed by atoms with E-state index < -0.39 is 30.5 Å². The number of carbonyl (C=O) groups excluding carboxylic acids is 3. The molecule has 0 saturated heterocycles. The lowest BCUT2D eigenvalue weighted by molar-refractivity contribution is -0.146. The first-order valence-electron chi connectivity index (χ1n) is 11.6. The van der Waals surface area contributed by atoms with Crippen LogP contribution in [0.4, 0.5) is 19.3 Å². The Balaban J connectivity index is 1.47. The van der Waals surface area contributed by atoms with Crippen LogP contribution in [0.2, 0.25) is 0 Å². The first-order valence-corrected chi connectivity index (χ1v) is 11.6. The average Bonchev–Trinajstić information content (AvgIpc) is 2.92. The Labute approximate surface area is 222 Å². The molecule has 0 saturated carbocycles. The zero-order chi connectivity index (χ0) is 28.0. The summed E-state index contributed by atoms with van der Waals surface area (Å²) in [6.45, 7) is -1.09. The van der Waals surface area contributed by atoms with Crippen molar-refractivity contribution in [3.63, 3.8) is 0 Å². The summed E-state index contributed by atoms with van der Waals surface area (Å²) in [4.78, 5) is 40.4. The van der Waals surface area contributed by atoms with Gasteiger partial charge in [0.15, 0.2) is 12.6 Å². The van der Waals surface area contributed by atoms with Crippen molar-refractivity contribution in [2.75, 3.05) is 18.5 Å². The van der Waals surface area contributed by atoms with E-state index in [1.807, 2.05) is 0 Å². The van der Waals surface area contributed by atoms with E-state index in [9.17, 15) is 23.2 Å². The number of aromatic nitrogens is 1. The smallest absolute Gasteiger partial charge is 0.408 e. The van der Waals surface area contributed by atoms with Crippen molar-refractivity contribution in [3.05, 3.63) is 95.3 Å². The fourth-order valence-corrected chi connectivity index (χ4v) is 3.21. The van der Waals surface area contributed by atoms with Gasteiger partial charge < -0.3 is 24.8 Å². The number of hydrogen-bond donors (Lipinski definition) is 2. The van der Waals surface area contributed by atoms with E-state index in [4.69, 9.17) is 19.5 Å². The summed E-state index contributed by atoms with van der Waals surface area (Å²) < 4.78 is 41.5. The lowest BCUT2D eigenvalue weighted by atomic mass is 10.1. The molecular weight excluding hydrogens is 514 g/mol. The van der Waals surface area contributed by atoms with Crippen molar-refractivity contribution < 1.29 is 37.4 Å². The molecule has 12 heteroatoms. The molecule has 3 rings (SSSR count). The summed E-state index contributed by atoms with van der Waals surface area (Å²) in [5.74, 6) is -2.13. The fraction of sp³-hybridized carbons (Fsp3) is 0.222. The van der Waals surface area contributed by atoms with Gasteiger partial charge in [0.25, 0.3) is 0 Å². The first kappa shape index (κ1) is 28.7. The van der Waals surface area contributed by atoms with E-state index in [1.54, 1.807) is 30.3 Å². The molecule has 2 aromatic carbocycles. The third-order valence-corrected chi connectivity index (χ3v) is 5.06. The molecule has 2 amide bonds. The van der Waals surface area contributed by atoms with Crippen molar-refractivity contribution in [2.45, 2.75) is 25.7 Å². The molecule has 2 N–H and O–H groups in total. The van der Waals surface area contributed by atoms with Crippen LogP contribution in [0.3, 0.4) is 0 Å². The molecule has 0 fully saturated rings. The molecule has 202 valence electrons. The Bertz CT molecular complexity index is 1310. The minimum absolute atomic E-state index is 0.0755. The van der Waals surface area contributed by atoms with Crippen LogP contribution in [0.25, 0.3) is 0 Å². The number of rotatable bonds is 12.